The van der Waals surface area contributed by atoms with Crippen LogP contribution >= 0.6 is 11.8 Å². The summed E-state index contributed by atoms with van der Waals surface area (Å²) in [5.41, 5.74) is 1.01. The van der Waals surface area contributed by atoms with Crippen molar-refractivity contribution in [2.45, 2.75) is 103 Å². The molecule has 7 heteroatoms. The number of carbonyl (C=O) groups excluding carboxylic acids is 2. The van der Waals surface area contributed by atoms with Crippen molar-refractivity contribution >= 4 is 23.0 Å². The van der Waals surface area contributed by atoms with Crippen LogP contribution in [0.2, 0.25) is 0 Å². The Morgan fingerprint density at radius 2 is 2.11 bits per heavy atom. The van der Waals surface area contributed by atoms with Gasteiger partial charge in [0.15, 0.2) is 5.79 Å². The predicted octanol–water partition coefficient (Wildman–Crippen LogP) is 4.31. The Morgan fingerprint density at radius 3 is 2.75 bits per heavy atom. The Labute approximate surface area is 172 Å². The molecule has 160 valence electrons. The largest absolute Gasteiger partial charge is 0.459 e. The topological polar surface area (TPSA) is 84.9 Å². The molecule has 2 aliphatic rings. The highest BCUT2D eigenvalue weighted by Crippen LogP contribution is 2.36. The van der Waals surface area contributed by atoms with Crippen molar-refractivity contribution in [1.82, 2.24) is 5.32 Å². The van der Waals surface area contributed by atoms with E-state index >= 15 is 0 Å². The minimum atomic E-state index is -1.50. The van der Waals surface area contributed by atoms with Crippen LogP contribution in [0.15, 0.2) is 11.6 Å². The van der Waals surface area contributed by atoms with E-state index < -0.39 is 17.9 Å². The minimum Gasteiger partial charge on any atom is -0.459 e. The second-order valence-electron chi connectivity index (χ2n) is 7.97. The molecule has 4 atom stereocenters. The van der Waals surface area contributed by atoms with Gasteiger partial charge in [0.25, 0.3) is 5.24 Å². The Hall–Kier alpha value is -1.05. The number of rotatable bonds is 10. The number of allylic oxidation sites excluding steroid dienone is 1. The van der Waals surface area contributed by atoms with E-state index in [1.165, 1.54) is 0 Å². The number of aliphatic hydroxyl groups is 1. The van der Waals surface area contributed by atoms with Crippen LogP contribution in [0.3, 0.4) is 0 Å². The van der Waals surface area contributed by atoms with E-state index in [1.807, 2.05) is 6.92 Å². The van der Waals surface area contributed by atoms with Gasteiger partial charge < -0.3 is 19.9 Å². The summed E-state index contributed by atoms with van der Waals surface area (Å²) in [4.78, 5) is 23.9. The summed E-state index contributed by atoms with van der Waals surface area (Å²) < 4.78 is 11.7. The van der Waals surface area contributed by atoms with Crippen molar-refractivity contribution in [1.29, 1.82) is 0 Å². The molecule has 2 rings (SSSR count). The zero-order valence-corrected chi connectivity index (χ0v) is 18.2. The smallest absolute Gasteiger partial charge is 0.330 e. The van der Waals surface area contributed by atoms with Gasteiger partial charge in [0, 0.05) is 24.7 Å². The monoisotopic (exact) mass is 413 g/mol. The first-order chi connectivity index (χ1) is 13.4. The molecule has 0 aromatic carbocycles. The van der Waals surface area contributed by atoms with Crippen molar-refractivity contribution in [3.63, 3.8) is 0 Å². The third kappa shape index (κ3) is 7.08. The van der Waals surface area contributed by atoms with E-state index in [9.17, 15) is 14.7 Å². The molecule has 1 amide bonds. The number of esters is 1. The lowest BCUT2D eigenvalue weighted by Gasteiger charge is -2.43. The van der Waals surface area contributed by atoms with Crippen molar-refractivity contribution in [3.05, 3.63) is 11.6 Å². The van der Waals surface area contributed by atoms with Crippen molar-refractivity contribution in [3.8, 4) is 0 Å². The Morgan fingerprint density at radius 1 is 1.36 bits per heavy atom. The molecule has 0 bridgehead atoms. The summed E-state index contributed by atoms with van der Waals surface area (Å²) in [6.07, 6.45) is 8.73. The Kier molecular flexibility index (Phi) is 9.31. The average molecular weight is 414 g/mol. The summed E-state index contributed by atoms with van der Waals surface area (Å²) in [5.74, 6) is -1.41. The highest BCUT2D eigenvalue weighted by atomic mass is 32.2. The highest BCUT2D eigenvalue weighted by Gasteiger charge is 2.49. The molecule has 6 nitrogen and oxygen atoms in total. The number of thioether (sulfide) groups is 1. The molecule has 0 aromatic rings. The first kappa shape index (κ1) is 23.2. The van der Waals surface area contributed by atoms with Crippen LogP contribution in [0, 0.1) is 0 Å². The van der Waals surface area contributed by atoms with E-state index in [2.05, 4.69) is 19.2 Å². The van der Waals surface area contributed by atoms with Gasteiger partial charge in [-0.3, -0.25) is 4.79 Å². The van der Waals surface area contributed by atoms with Gasteiger partial charge in [0.2, 0.25) is 0 Å². The molecule has 28 heavy (non-hydrogen) atoms. The summed E-state index contributed by atoms with van der Waals surface area (Å²) in [6, 6.07) is -0.484. The van der Waals surface area contributed by atoms with Crippen LogP contribution in [0.25, 0.3) is 0 Å². The maximum absolute atomic E-state index is 12.3. The summed E-state index contributed by atoms with van der Waals surface area (Å²) in [6.45, 7) is 6.20. The normalized spacial score (nSPS) is 30.9. The second-order valence-corrected chi connectivity index (χ2v) is 8.96. The van der Waals surface area contributed by atoms with Crippen molar-refractivity contribution < 1.29 is 24.2 Å². The first-order valence-corrected chi connectivity index (χ1v) is 11.6. The molecule has 2 heterocycles. The zero-order chi connectivity index (χ0) is 20.6. The van der Waals surface area contributed by atoms with Gasteiger partial charge in [-0.1, -0.05) is 56.9 Å². The lowest BCUT2D eigenvalue weighted by Crippen LogP contribution is -2.58. The second kappa shape index (κ2) is 11.2. The molecule has 0 spiro atoms. The van der Waals surface area contributed by atoms with Gasteiger partial charge in [-0.15, -0.1) is 0 Å². The lowest BCUT2D eigenvalue weighted by atomic mass is 9.91. The van der Waals surface area contributed by atoms with Gasteiger partial charge in [-0.05, 0) is 26.2 Å². The molecule has 0 aromatic heterocycles. The molecule has 2 aliphatic heterocycles. The maximum Gasteiger partial charge on any atom is 0.330 e. The fourth-order valence-electron chi connectivity index (χ4n) is 3.76. The van der Waals surface area contributed by atoms with Crippen LogP contribution in [0.4, 0.5) is 4.79 Å². The van der Waals surface area contributed by atoms with Crippen LogP contribution in [-0.2, 0) is 14.3 Å². The number of amides is 1. The van der Waals surface area contributed by atoms with Crippen LogP contribution < -0.4 is 5.32 Å². The Balaban J connectivity index is 2.02. The summed E-state index contributed by atoms with van der Waals surface area (Å²) >= 11 is 1.14. The number of nitrogens with one attached hydrogen (secondary N) is 1. The number of hydrogen-bond acceptors (Lipinski definition) is 6. The minimum absolute atomic E-state index is 0.154. The highest BCUT2D eigenvalue weighted by molar-refractivity contribution is 8.14. The molecule has 0 aliphatic carbocycles. The van der Waals surface area contributed by atoms with E-state index in [4.69, 9.17) is 9.47 Å². The molecule has 2 N–H and O–H groups in total. The van der Waals surface area contributed by atoms with Crippen molar-refractivity contribution in [2.24, 2.45) is 0 Å². The van der Waals surface area contributed by atoms with Gasteiger partial charge in [0.05, 0.1) is 12.1 Å². The van der Waals surface area contributed by atoms with Crippen molar-refractivity contribution in [2.75, 3.05) is 5.75 Å². The number of unbranched alkanes of at least 4 members (excludes halogenated alkanes) is 3. The van der Waals surface area contributed by atoms with E-state index in [0.29, 0.717) is 12.2 Å². The fourth-order valence-corrected chi connectivity index (χ4v) is 4.64. The fraction of sp³-hybridized carbons (Fsp3) is 0.810. The van der Waals surface area contributed by atoms with E-state index in [1.54, 1.807) is 6.08 Å². The Bertz CT molecular complexity index is 567. The van der Waals surface area contributed by atoms with Crippen LogP contribution in [0.5, 0.6) is 0 Å². The number of carbonyl (C=O) groups is 2. The van der Waals surface area contributed by atoms with Gasteiger partial charge in [-0.2, -0.15) is 0 Å². The molecular weight excluding hydrogens is 378 g/mol. The number of hydrogen-bond donors (Lipinski definition) is 2. The predicted molar refractivity (Wildman–Crippen MR) is 111 cm³/mol. The third-order valence-electron chi connectivity index (χ3n) is 5.34. The lowest BCUT2D eigenvalue weighted by molar-refractivity contribution is -0.283. The molecule has 3 unspecified atom stereocenters. The third-order valence-corrected chi connectivity index (χ3v) is 6.22. The standard InChI is InChI=1S/C21H35NO5S/c1-4-6-8-10-16-12-17(26-19(23)11-15(3)9-7-5-2)13-21(25,27-16)18-14-28-20(24)22-18/h11,16-18,25H,4-10,12-14H2,1-3H3,(H,22,24)/b15-11-/t16-,17?,18?,21?/m1/s1. The van der Waals surface area contributed by atoms with Gasteiger partial charge in [-0.25, -0.2) is 4.79 Å². The van der Waals surface area contributed by atoms with Gasteiger partial charge in [0.1, 0.15) is 6.10 Å². The summed E-state index contributed by atoms with van der Waals surface area (Å²) in [5, 5.41) is 13.8. The first-order valence-electron chi connectivity index (χ1n) is 10.6. The van der Waals surface area contributed by atoms with E-state index in [-0.39, 0.29) is 23.7 Å². The molecule has 0 radical (unpaired) electrons. The zero-order valence-electron chi connectivity index (χ0n) is 17.4. The molecular formula is C21H35NO5S. The van der Waals surface area contributed by atoms with Gasteiger partial charge >= 0.3 is 5.97 Å². The van der Waals surface area contributed by atoms with E-state index in [0.717, 1.165) is 62.3 Å². The molecule has 2 saturated heterocycles. The van der Waals surface area contributed by atoms with Crippen LogP contribution in [0.1, 0.15) is 78.6 Å². The SMILES string of the molecule is CCCCC[C@@H]1CC(OC(=O)/C=C(/C)CCCC)CC(O)(C2CSC(=O)N2)O1. The average Bonchev–Trinajstić information content (AvgIpc) is 3.07. The molecule has 0 saturated carbocycles. The van der Waals surface area contributed by atoms with Crippen LogP contribution in [-0.4, -0.2) is 46.1 Å². The molecule has 2 fully saturated rings. The maximum atomic E-state index is 12.3. The summed E-state index contributed by atoms with van der Waals surface area (Å²) in [7, 11) is 0. The quantitative estimate of drug-likeness (QED) is 0.315. The number of ether oxygens (including phenoxy) is 2.